The Morgan fingerprint density at radius 3 is 2.62 bits per heavy atom. The summed E-state index contributed by atoms with van der Waals surface area (Å²) in [6, 6.07) is 12.7. The zero-order valence-corrected chi connectivity index (χ0v) is 15.5. The van der Waals surface area contributed by atoms with E-state index < -0.39 is 5.91 Å². The molecule has 0 bridgehead atoms. The number of nitrogens with zero attached hydrogens (tertiary/aromatic N) is 2. The zero-order valence-electron chi connectivity index (χ0n) is 14.7. The van der Waals surface area contributed by atoms with Crippen LogP contribution in [0.1, 0.15) is 17.3 Å². The molecule has 0 spiro atoms. The normalized spacial score (nSPS) is 11.6. The number of ketones is 1. The Bertz CT molecular complexity index is 1050. The number of amides is 1. The van der Waals surface area contributed by atoms with Gasteiger partial charge in [0, 0.05) is 12.6 Å². The molecule has 2 aromatic carbocycles. The number of benzene rings is 2. The molecule has 1 amide bonds. The van der Waals surface area contributed by atoms with Gasteiger partial charge in [-0.25, -0.2) is 0 Å². The Labute approximate surface area is 154 Å². The van der Waals surface area contributed by atoms with E-state index in [0.717, 1.165) is 10.2 Å². The van der Waals surface area contributed by atoms with Crippen molar-refractivity contribution in [2.75, 3.05) is 13.7 Å². The fourth-order valence-corrected chi connectivity index (χ4v) is 3.51. The molecule has 0 aliphatic heterocycles. The van der Waals surface area contributed by atoms with Crippen LogP contribution in [0.3, 0.4) is 0 Å². The van der Waals surface area contributed by atoms with E-state index in [0.29, 0.717) is 21.9 Å². The third kappa shape index (κ3) is 3.67. The predicted molar refractivity (Wildman–Crippen MR) is 99.9 cm³/mol. The molecule has 3 aromatic rings. The average molecular weight is 370 g/mol. The number of hydrogen-bond donors (Lipinski definition) is 0. The van der Waals surface area contributed by atoms with Crippen LogP contribution in [0.5, 0.6) is 11.5 Å². The summed E-state index contributed by atoms with van der Waals surface area (Å²) in [6.07, 6.45) is 0. The molecular formula is C19H18N2O4S. The third-order valence-electron chi connectivity index (χ3n) is 3.86. The van der Waals surface area contributed by atoms with Gasteiger partial charge in [-0.2, -0.15) is 4.99 Å². The van der Waals surface area contributed by atoms with Crippen LogP contribution >= 0.6 is 11.3 Å². The highest BCUT2D eigenvalue weighted by Gasteiger charge is 2.11. The van der Waals surface area contributed by atoms with Gasteiger partial charge >= 0.3 is 0 Å². The molecule has 0 atom stereocenters. The van der Waals surface area contributed by atoms with Crippen LogP contribution in [-0.4, -0.2) is 30.0 Å². The number of ether oxygens (including phenoxy) is 2. The summed E-state index contributed by atoms with van der Waals surface area (Å²) in [6.45, 7) is 1.26. The zero-order chi connectivity index (χ0) is 18.7. The van der Waals surface area contributed by atoms with Crippen molar-refractivity contribution in [2.24, 2.45) is 12.0 Å². The fraction of sp³-hybridized carbons (Fsp3) is 0.211. The van der Waals surface area contributed by atoms with Crippen LogP contribution in [0.25, 0.3) is 10.2 Å². The van der Waals surface area contributed by atoms with Crippen molar-refractivity contribution in [1.29, 1.82) is 0 Å². The van der Waals surface area contributed by atoms with E-state index in [-0.39, 0.29) is 12.4 Å². The number of aromatic nitrogens is 1. The summed E-state index contributed by atoms with van der Waals surface area (Å²) in [5.74, 6) is 0.322. The molecule has 0 radical (unpaired) electrons. The summed E-state index contributed by atoms with van der Waals surface area (Å²) < 4.78 is 13.7. The van der Waals surface area contributed by atoms with Gasteiger partial charge in [-0.05, 0) is 37.3 Å². The summed E-state index contributed by atoms with van der Waals surface area (Å²) in [7, 11) is 3.35. The van der Waals surface area contributed by atoms with Crippen LogP contribution < -0.4 is 14.3 Å². The fourth-order valence-electron chi connectivity index (χ4n) is 2.47. The minimum Gasteiger partial charge on any atom is -0.493 e. The van der Waals surface area contributed by atoms with E-state index in [1.807, 2.05) is 35.9 Å². The molecule has 26 heavy (non-hydrogen) atoms. The minimum atomic E-state index is -0.398. The highest BCUT2D eigenvalue weighted by Crippen LogP contribution is 2.28. The van der Waals surface area contributed by atoms with E-state index in [4.69, 9.17) is 9.47 Å². The van der Waals surface area contributed by atoms with E-state index in [2.05, 4.69) is 4.99 Å². The topological polar surface area (TPSA) is 69.9 Å². The van der Waals surface area contributed by atoms with Crippen LogP contribution in [0.2, 0.25) is 0 Å². The van der Waals surface area contributed by atoms with Gasteiger partial charge in [0.2, 0.25) is 0 Å². The number of methoxy groups -OCH3 is 1. The first kappa shape index (κ1) is 17.9. The second-order valence-corrected chi connectivity index (χ2v) is 6.64. The largest absolute Gasteiger partial charge is 0.493 e. The lowest BCUT2D eigenvalue weighted by molar-refractivity contribution is -0.120. The molecule has 134 valence electrons. The number of carbonyl (C=O) groups is 2. The maximum atomic E-state index is 12.2. The first-order valence-corrected chi connectivity index (χ1v) is 8.75. The van der Waals surface area contributed by atoms with Gasteiger partial charge in [-0.1, -0.05) is 23.5 Å². The lowest BCUT2D eigenvalue weighted by atomic mass is 10.1. The van der Waals surface area contributed by atoms with Crippen molar-refractivity contribution >= 4 is 33.2 Å². The summed E-state index contributed by atoms with van der Waals surface area (Å²) in [5.41, 5.74) is 1.54. The second kappa shape index (κ2) is 7.53. The third-order valence-corrected chi connectivity index (χ3v) is 4.97. The number of para-hydroxylation sites is 1. The number of fused-ring (bicyclic) bond motifs is 1. The van der Waals surface area contributed by atoms with Crippen LogP contribution in [0.15, 0.2) is 47.5 Å². The number of carbonyl (C=O) groups excluding carboxylic acids is 2. The van der Waals surface area contributed by atoms with Gasteiger partial charge in [-0.3, -0.25) is 9.59 Å². The highest BCUT2D eigenvalue weighted by molar-refractivity contribution is 7.16. The standard InChI is InChI=1S/C19H18N2O4S/c1-12(22)13-8-9-15(16(10-13)24-3)25-11-18(23)20-19-21(2)14-6-4-5-7-17(14)26-19/h4-10H,11H2,1-3H3. The number of Topliss-reactive ketones (excluding diaryl/α,β-unsaturated/α-hetero) is 1. The van der Waals surface area contributed by atoms with Crippen molar-refractivity contribution in [2.45, 2.75) is 6.92 Å². The SMILES string of the molecule is COc1cc(C(C)=O)ccc1OCC(=O)N=c1sc2ccccc2n1C. The Morgan fingerprint density at radius 2 is 1.92 bits per heavy atom. The van der Waals surface area contributed by atoms with Gasteiger partial charge in [0.1, 0.15) is 0 Å². The first-order chi connectivity index (χ1) is 12.5. The number of rotatable bonds is 5. The van der Waals surface area contributed by atoms with Crippen LogP contribution in [-0.2, 0) is 11.8 Å². The smallest absolute Gasteiger partial charge is 0.286 e. The summed E-state index contributed by atoms with van der Waals surface area (Å²) >= 11 is 1.44. The van der Waals surface area contributed by atoms with E-state index in [9.17, 15) is 9.59 Å². The molecule has 0 aliphatic carbocycles. The van der Waals surface area contributed by atoms with Crippen LogP contribution in [0, 0.1) is 0 Å². The van der Waals surface area contributed by atoms with E-state index in [1.165, 1.54) is 25.4 Å². The molecular weight excluding hydrogens is 352 g/mol. The van der Waals surface area contributed by atoms with Crippen molar-refractivity contribution in [1.82, 2.24) is 4.57 Å². The Hall–Kier alpha value is -2.93. The molecule has 0 unspecified atom stereocenters. The quantitative estimate of drug-likeness (QED) is 0.648. The number of hydrogen-bond acceptors (Lipinski definition) is 5. The van der Waals surface area contributed by atoms with Crippen molar-refractivity contribution in [3.05, 3.63) is 52.8 Å². The lowest BCUT2D eigenvalue weighted by Gasteiger charge is -2.10. The maximum absolute atomic E-state index is 12.2. The average Bonchev–Trinajstić information content (AvgIpc) is 2.95. The Morgan fingerprint density at radius 1 is 1.15 bits per heavy atom. The van der Waals surface area contributed by atoms with Gasteiger partial charge in [0.05, 0.1) is 17.3 Å². The van der Waals surface area contributed by atoms with Gasteiger partial charge < -0.3 is 14.0 Å². The molecule has 1 aromatic heterocycles. The first-order valence-electron chi connectivity index (χ1n) is 7.93. The molecule has 6 nitrogen and oxygen atoms in total. The lowest BCUT2D eigenvalue weighted by Crippen LogP contribution is -2.17. The van der Waals surface area contributed by atoms with Gasteiger partial charge in [0.25, 0.3) is 5.91 Å². The molecule has 3 rings (SSSR count). The maximum Gasteiger partial charge on any atom is 0.286 e. The highest BCUT2D eigenvalue weighted by atomic mass is 32.1. The Kier molecular flexibility index (Phi) is 5.18. The van der Waals surface area contributed by atoms with Crippen LogP contribution in [0.4, 0.5) is 0 Å². The van der Waals surface area contributed by atoms with Gasteiger partial charge in [0.15, 0.2) is 28.7 Å². The monoisotopic (exact) mass is 370 g/mol. The molecule has 0 aliphatic rings. The van der Waals surface area contributed by atoms with Crippen molar-refractivity contribution in [3.8, 4) is 11.5 Å². The summed E-state index contributed by atoms with van der Waals surface area (Å²) in [5, 5.41) is 0. The van der Waals surface area contributed by atoms with E-state index >= 15 is 0 Å². The second-order valence-electron chi connectivity index (χ2n) is 5.63. The molecule has 0 saturated carbocycles. The molecule has 7 heteroatoms. The van der Waals surface area contributed by atoms with Gasteiger partial charge in [-0.15, -0.1) is 0 Å². The molecule has 0 saturated heterocycles. The number of thiazole rings is 1. The van der Waals surface area contributed by atoms with Crippen molar-refractivity contribution < 1.29 is 19.1 Å². The minimum absolute atomic E-state index is 0.0711. The molecule has 0 N–H and O–H groups in total. The molecule has 1 heterocycles. The van der Waals surface area contributed by atoms with E-state index in [1.54, 1.807) is 18.2 Å². The Balaban J connectivity index is 1.78. The number of aryl methyl sites for hydroxylation is 1. The molecule has 0 fully saturated rings. The van der Waals surface area contributed by atoms with Crippen molar-refractivity contribution in [3.63, 3.8) is 0 Å². The summed E-state index contributed by atoms with van der Waals surface area (Å²) in [4.78, 5) is 28.4. The predicted octanol–water partition coefficient (Wildman–Crippen LogP) is 2.96.